The average molecular weight is 582 g/mol. The largest absolute Gasteiger partial charge is 0.308 e. The van der Waals surface area contributed by atoms with Crippen molar-refractivity contribution < 1.29 is 0 Å². The highest BCUT2D eigenvalue weighted by Crippen LogP contribution is 2.42. The number of pyridine rings is 1. The van der Waals surface area contributed by atoms with Crippen molar-refractivity contribution in [3.05, 3.63) is 140 Å². The Balaban J connectivity index is 1.27. The third kappa shape index (κ3) is 3.92. The lowest BCUT2D eigenvalue weighted by Crippen LogP contribution is -2.01. The molecular formula is C38H23N5S. The van der Waals surface area contributed by atoms with Gasteiger partial charge in [0.25, 0.3) is 0 Å². The maximum atomic E-state index is 4.97. The lowest BCUT2D eigenvalue weighted by Gasteiger charge is -2.11. The van der Waals surface area contributed by atoms with Gasteiger partial charge in [0.15, 0.2) is 17.5 Å². The van der Waals surface area contributed by atoms with Gasteiger partial charge in [0.1, 0.15) is 0 Å². The van der Waals surface area contributed by atoms with E-state index in [-0.39, 0.29) is 0 Å². The van der Waals surface area contributed by atoms with Gasteiger partial charge in [-0.1, -0.05) is 97.1 Å². The topological polar surface area (TPSA) is 56.5 Å². The summed E-state index contributed by atoms with van der Waals surface area (Å²) in [6.45, 7) is 0. The van der Waals surface area contributed by atoms with Gasteiger partial charge in [-0.25, -0.2) is 15.0 Å². The number of thiophene rings is 1. The Kier molecular flexibility index (Phi) is 5.61. The third-order valence-corrected chi connectivity index (χ3v) is 9.30. The van der Waals surface area contributed by atoms with E-state index in [9.17, 15) is 0 Å². The highest BCUT2D eigenvalue weighted by molar-refractivity contribution is 7.26. The SMILES string of the molecule is c1ccc(-c2nc(-c3ccccc3)nc(-c3cccc(-n4c5cccnc5c5c6sc7ccccc7c6ccc54)c3)n2)cc1. The smallest absolute Gasteiger partial charge is 0.164 e. The van der Waals surface area contributed by atoms with E-state index >= 15 is 0 Å². The van der Waals surface area contributed by atoms with Gasteiger partial charge >= 0.3 is 0 Å². The van der Waals surface area contributed by atoms with Gasteiger partial charge in [-0.3, -0.25) is 4.98 Å². The Labute approximate surface area is 256 Å². The van der Waals surface area contributed by atoms with E-state index < -0.39 is 0 Å². The second-order valence-electron chi connectivity index (χ2n) is 10.7. The predicted molar refractivity (Wildman–Crippen MR) is 181 cm³/mol. The molecule has 0 aliphatic heterocycles. The van der Waals surface area contributed by atoms with Gasteiger partial charge in [-0.05, 0) is 36.4 Å². The minimum atomic E-state index is 0.630. The molecule has 4 heterocycles. The third-order valence-electron chi connectivity index (χ3n) is 8.09. The molecule has 0 aliphatic rings. The fourth-order valence-corrected chi connectivity index (χ4v) is 7.34. The van der Waals surface area contributed by atoms with Gasteiger partial charge in [-0.15, -0.1) is 11.3 Å². The Morgan fingerprint density at radius 3 is 1.91 bits per heavy atom. The van der Waals surface area contributed by atoms with Gasteiger partial charge in [0.05, 0.1) is 16.6 Å². The molecule has 0 amide bonds. The molecule has 0 aliphatic carbocycles. The zero-order valence-electron chi connectivity index (χ0n) is 23.4. The van der Waals surface area contributed by atoms with E-state index in [1.807, 2.05) is 84.3 Å². The molecule has 9 aromatic rings. The molecule has 0 spiro atoms. The first-order valence-electron chi connectivity index (χ1n) is 14.5. The lowest BCUT2D eigenvalue weighted by atomic mass is 10.1. The number of fused-ring (bicyclic) bond motifs is 7. The summed E-state index contributed by atoms with van der Waals surface area (Å²) in [4.78, 5) is 19.7. The summed E-state index contributed by atoms with van der Waals surface area (Å²) in [6, 6.07) is 45.9. The Morgan fingerprint density at radius 2 is 1.16 bits per heavy atom. The highest BCUT2D eigenvalue weighted by atomic mass is 32.1. The molecule has 0 fully saturated rings. The van der Waals surface area contributed by atoms with Crippen LogP contribution in [0.1, 0.15) is 0 Å². The molecule has 0 unspecified atom stereocenters. The minimum Gasteiger partial charge on any atom is -0.308 e. The molecule has 5 nitrogen and oxygen atoms in total. The van der Waals surface area contributed by atoms with Crippen LogP contribution in [-0.4, -0.2) is 24.5 Å². The van der Waals surface area contributed by atoms with Crippen LogP contribution in [0, 0.1) is 0 Å². The van der Waals surface area contributed by atoms with Crippen LogP contribution in [0.15, 0.2) is 140 Å². The first kappa shape index (κ1) is 24.8. The summed E-state index contributed by atoms with van der Waals surface area (Å²) in [6.07, 6.45) is 1.88. The first-order valence-corrected chi connectivity index (χ1v) is 15.3. The molecular weight excluding hydrogens is 559 g/mol. The van der Waals surface area contributed by atoms with Crippen LogP contribution in [-0.2, 0) is 0 Å². The van der Waals surface area contributed by atoms with Crippen LogP contribution < -0.4 is 0 Å². The number of hydrogen-bond acceptors (Lipinski definition) is 5. The van der Waals surface area contributed by atoms with Gasteiger partial charge in [0.2, 0.25) is 0 Å². The van der Waals surface area contributed by atoms with Crippen LogP contribution >= 0.6 is 11.3 Å². The van der Waals surface area contributed by atoms with E-state index in [1.165, 1.54) is 25.6 Å². The molecule has 6 heteroatoms. The molecule has 4 aromatic heterocycles. The lowest BCUT2D eigenvalue weighted by molar-refractivity contribution is 1.07. The Bertz CT molecular complexity index is 2440. The van der Waals surface area contributed by atoms with Crippen LogP contribution in [0.25, 0.3) is 82.0 Å². The highest BCUT2D eigenvalue weighted by Gasteiger charge is 2.19. The molecule has 0 saturated heterocycles. The van der Waals surface area contributed by atoms with Crippen LogP contribution in [0.3, 0.4) is 0 Å². The van der Waals surface area contributed by atoms with E-state index in [1.54, 1.807) is 0 Å². The summed E-state index contributed by atoms with van der Waals surface area (Å²) < 4.78 is 4.86. The van der Waals surface area contributed by atoms with Crippen molar-refractivity contribution >= 4 is 53.4 Å². The van der Waals surface area contributed by atoms with E-state index in [2.05, 4.69) is 71.3 Å². The van der Waals surface area contributed by atoms with E-state index in [0.717, 1.165) is 38.9 Å². The Morgan fingerprint density at radius 1 is 0.500 bits per heavy atom. The monoisotopic (exact) mass is 581 g/mol. The maximum Gasteiger partial charge on any atom is 0.164 e. The van der Waals surface area contributed by atoms with Gasteiger partial charge in [0, 0.05) is 54.1 Å². The maximum absolute atomic E-state index is 4.97. The molecule has 0 saturated carbocycles. The molecule has 0 atom stereocenters. The summed E-state index contributed by atoms with van der Waals surface area (Å²) in [5.74, 6) is 1.92. The fraction of sp³-hybridized carbons (Fsp3) is 0. The second kappa shape index (κ2) is 9.93. The van der Waals surface area contributed by atoms with Crippen molar-refractivity contribution in [1.82, 2.24) is 24.5 Å². The van der Waals surface area contributed by atoms with Gasteiger partial charge < -0.3 is 4.57 Å². The normalized spacial score (nSPS) is 11.6. The van der Waals surface area contributed by atoms with E-state index in [0.29, 0.717) is 17.5 Å². The molecule has 206 valence electrons. The zero-order valence-corrected chi connectivity index (χ0v) is 24.2. The molecule has 5 aromatic carbocycles. The quantitative estimate of drug-likeness (QED) is 0.208. The predicted octanol–water partition coefficient (Wildman–Crippen LogP) is 9.73. The van der Waals surface area contributed by atoms with Crippen molar-refractivity contribution in [2.75, 3.05) is 0 Å². The molecule has 0 radical (unpaired) electrons. The second-order valence-corrected chi connectivity index (χ2v) is 11.8. The Hall–Kier alpha value is -5.72. The molecule has 0 bridgehead atoms. The summed E-state index contributed by atoms with van der Waals surface area (Å²) in [5, 5.41) is 3.73. The minimum absolute atomic E-state index is 0.630. The molecule has 44 heavy (non-hydrogen) atoms. The number of aromatic nitrogens is 5. The number of benzene rings is 5. The van der Waals surface area contributed by atoms with Gasteiger partial charge in [-0.2, -0.15) is 0 Å². The summed E-state index contributed by atoms with van der Waals surface area (Å²) in [7, 11) is 0. The molecule has 0 N–H and O–H groups in total. The number of rotatable bonds is 4. The summed E-state index contributed by atoms with van der Waals surface area (Å²) >= 11 is 1.83. The van der Waals surface area contributed by atoms with Crippen molar-refractivity contribution in [2.45, 2.75) is 0 Å². The van der Waals surface area contributed by atoms with Crippen molar-refractivity contribution in [3.63, 3.8) is 0 Å². The molecule has 9 rings (SSSR count). The van der Waals surface area contributed by atoms with Crippen LogP contribution in [0.4, 0.5) is 0 Å². The van der Waals surface area contributed by atoms with E-state index in [4.69, 9.17) is 19.9 Å². The summed E-state index contributed by atoms with van der Waals surface area (Å²) in [5.41, 5.74) is 7.04. The fourth-order valence-electron chi connectivity index (χ4n) is 6.09. The van der Waals surface area contributed by atoms with Crippen molar-refractivity contribution in [2.24, 2.45) is 0 Å². The number of nitrogens with zero attached hydrogens (tertiary/aromatic N) is 5. The van der Waals surface area contributed by atoms with Crippen LogP contribution in [0.2, 0.25) is 0 Å². The zero-order chi connectivity index (χ0) is 29.0. The average Bonchev–Trinajstić information content (AvgIpc) is 3.65. The standard InChI is InChI=1S/C38H23N5S/c1-3-11-24(12-4-1)36-40-37(25-13-5-2-6-14-25)42-38(41-36)26-15-9-16-27(23-26)43-30-21-20-29-28-17-7-8-19-32(28)44-35(29)33(30)34-31(43)18-10-22-39-34/h1-23H. The van der Waals surface area contributed by atoms with Crippen molar-refractivity contribution in [3.8, 4) is 39.9 Å². The first-order chi connectivity index (χ1) is 21.8. The van der Waals surface area contributed by atoms with Crippen molar-refractivity contribution in [1.29, 1.82) is 0 Å². The number of hydrogen-bond donors (Lipinski definition) is 0. The van der Waals surface area contributed by atoms with Crippen LogP contribution in [0.5, 0.6) is 0 Å².